The normalized spacial score (nSPS) is 19.7. The molecule has 0 saturated heterocycles. The number of fused-ring (bicyclic) bond motifs is 1. The van der Waals surface area contributed by atoms with Gasteiger partial charge in [0.2, 0.25) is 5.91 Å². The van der Waals surface area contributed by atoms with Gasteiger partial charge in [-0.3, -0.25) is 4.79 Å². The maximum Gasteiger partial charge on any atom is 0.229 e. The fraction of sp³-hybridized carbons (Fsp3) is 0.176. The number of nitrogens with zero attached hydrogens (tertiary/aromatic N) is 2. The molecular weight excluding hydrogens is 361 g/mol. The van der Waals surface area contributed by atoms with Gasteiger partial charge in [0.05, 0.1) is 5.52 Å². The summed E-state index contributed by atoms with van der Waals surface area (Å²) in [5.41, 5.74) is 1.92. The molecule has 1 aliphatic rings. The molecule has 2 aromatic heterocycles. The molecule has 1 fully saturated rings. The summed E-state index contributed by atoms with van der Waals surface area (Å²) in [5, 5.41) is 7.20. The molecule has 3 aromatic rings. The average Bonchev–Trinajstić information content (AvgIpc) is 3.23. The quantitative estimate of drug-likeness (QED) is 0.754. The van der Waals surface area contributed by atoms with Crippen LogP contribution >= 0.6 is 15.9 Å². The molecule has 2 heterocycles. The molecule has 0 spiro atoms. The molecule has 1 aromatic carbocycles. The third kappa shape index (κ3) is 2.86. The topological polar surface area (TPSA) is 46.4 Å². The van der Waals surface area contributed by atoms with Crippen molar-refractivity contribution in [2.75, 3.05) is 5.32 Å². The first-order valence-corrected chi connectivity index (χ1v) is 8.11. The van der Waals surface area contributed by atoms with Crippen LogP contribution in [0.1, 0.15) is 17.9 Å². The van der Waals surface area contributed by atoms with Crippen molar-refractivity contribution < 1.29 is 9.18 Å². The lowest BCUT2D eigenvalue weighted by Crippen LogP contribution is -2.15. The smallest absolute Gasteiger partial charge is 0.229 e. The predicted molar refractivity (Wildman–Crippen MR) is 88.8 cm³/mol. The fourth-order valence-electron chi connectivity index (χ4n) is 2.80. The molecule has 0 unspecified atom stereocenters. The molecule has 1 aliphatic carbocycles. The standard InChI is InChI=1S/C17H13BrFN3O/c18-11-3-6-13-7-16(21-22(13)9-11)20-17(23)15-8-14(15)10-1-4-12(19)5-2-10/h1-7,9,14-15H,8H2,(H,20,21,23)/t14-,15-/m1/s1. The van der Waals surface area contributed by atoms with Gasteiger partial charge in [0.25, 0.3) is 0 Å². The van der Waals surface area contributed by atoms with Gasteiger partial charge in [-0.15, -0.1) is 5.10 Å². The molecule has 23 heavy (non-hydrogen) atoms. The minimum absolute atomic E-state index is 0.0400. The Morgan fingerprint density at radius 3 is 2.83 bits per heavy atom. The highest BCUT2D eigenvalue weighted by Crippen LogP contribution is 2.47. The van der Waals surface area contributed by atoms with Gasteiger partial charge in [-0.05, 0) is 58.1 Å². The van der Waals surface area contributed by atoms with Crippen molar-refractivity contribution in [2.45, 2.75) is 12.3 Å². The van der Waals surface area contributed by atoms with Crippen LogP contribution in [0.25, 0.3) is 5.52 Å². The van der Waals surface area contributed by atoms with Crippen LogP contribution in [0.5, 0.6) is 0 Å². The second-order valence-corrected chi connectivity index (χ2v) is 6.65. The Morgan fingerprint density at radius 1 is 1.26 bits per heavy atom. The Hall–Kier alpha value is -2.21. The number of aromatic nitrogens is 2. The van der Waals surface area contributed by atoms with Gasteiger partial charge in [0, 0.05) is 22.7 Å². The van der Waals surface area contributed by atoms with E-state index in [1.807, 2.05) is 24.4 Å². The maximum absolute atomic E-state index is 13.0. The average molecular weight is 374 g/mol. The first-order valence-electron chi connectivity index (χ1n) is 7.31. The summed E-state index contributed by atoms with van der Waals surface area (Å²) in [5.74, 6) is 0.338. The summed E-state index contributed by atoms with van der Waals surface area (Å²) >= 11 is 3.39. The van der Waals surface area contributed by atoms with E-state index in [0.717, 1.165) is 22.0 Å². The van der Waals surface area contributed by atoms with E-state index in [4.69, 9.17) is 0 Å². The van der Waals surface area contributed by atoms with E-state index in [1.165, 1.54) is 12.1 Å². The number of nitrogens with one attached hydrogen (secondary N) is 1. The number of hydrogen-bond donors (Lipinski definition) is 1. The Balaban J connectivity index is 1.46. The number of carbonyl (C=O) groups excluding carboxylic acids is 1. The van der Waals surface area contributed by atoms with Crippen LogP contribution in [0.4, 0.5) is 10.2 Å². The van der Waals surface area contributed by atoms with E-state index in [2.05, 4.69) is 26.3 Å². The lowest BCUT2D eigenvalue weighted by molar-refractivity contribution is -0.117. The molecule has 0 aliphatic heterocycles. The zero-order valence-electron chi connectivity index (χ0n) is 12.0. The van der Waals surface area contributed by atoms with E-state index in [0.29, 0.717) is 5.82 Å². The van der Waals surface area contributed by atoms with Crippen LogP contribution in [0.2, 0.25) is 0 Å². The molecule has 116 valence electrons. The lowest BCUT2D eigenvalue weighted by atomic mass is 10.1. The minimum Gasteiger partial charge on any atom is -0.309 e. The van der Waals surface area contributed by atoms with Crippen LogP contribution in [-0.2, 0) is 4.79 Å². The zero-order valence-corrected chi connectivity index (χ0v) is 13.6. The molecular formula is C17H13BrFN3O. The maximum atomic E-state index is 13.0. The predicted octanol–water partition coefficient (Wildman–Crippen LogP) is 3.98. The van der Waals surface area contributed by atoms with Crippen molar-refractivity contribution >= 4 is 33.2 Å². The largest absolute Gasteiger partial charge is 0.309 e. The van der Waals surface area contributed by atoms with Crippen molar-refractivity contribution in [1.29, 1.82) is 0 Å². The number of pyridine rings is 1. The molecule has 0 radical (unpaired) electrons. The number of rotatable bonds is 3. The van der Waals surface area contributed by atoms with Crippen LogP contribution in [0.3, 0.4) is 0 Å². The molecule has 1 amide bonds. The molecule has 4 rings (SSSR count). The van der Waals surface area contributed by atoms with Gasteiger partial charge in [-0.2, -0.15) is 0 Å². The summed E-state index contributed by atoms with van der Waals surface area (Å²) in [6.45, 7) is 0. The van der Waals surface area contributed by atoms with E-state index in [-0.39, 0.29) is 23.6 Å². The second kappa shape index (κ2) is 5.45. The number of carbonyl (C=O) groups is 1. The number of benzene rings is 1. The molecule has 1 saturated carbocycles. The third-order valence-electron chi connectivity index (χ3n) is 4.10. The summed E-state index contributed by atoms with van der Waals surface area (Å²) < 4.78 is 15.6. The Kier molecular flexibility index (Phi) is 3.41. The van der Waals surface area contributed by atoms with E-state index < -0.39 is 0 Å². The van der Waals surface area contributed by atoms with Crippen molar-refractivity contribution in [3.63, 3.8) is 0 Å². The minimum atomic E-state index is -0.258. The van der Waals surface area contributed by atoms with Gasteiger partial charge < -0.3 is 5.32 Å². The van der Waals surface area contributed by atoms with Gasteiger partial charge in [0.15, 0.2) is 5.82 Å². The Bertz CT molecular complexity index is 890. The molecule has 1 N–H and O–H groups in total. The van der Waals surface area contributed by atoms with Gasteiger partial charge in [-0.25, -0.2) is 8.91 Å². The van der Waals surface area contributed by atoms with Crippen LogP contribution in [0.15, 0.2) is 53.1 Å². The van der Waals surface area contributed by atoms with Crippen LogP contribution in [-0.4, -0.2) is 15.5 Å². The fourth-order valence-corrected chi connectivity index (χ4v) is 3.13. The Labute approximate surface area is 140 Å². The summed E-state index contributed by atoms with van der Waals surface area (Å²) in [4.78, 5) is 12.3. The van der Waals surface area contributed by atoms with E-state index in [1.54, 1.807) is 16.6 Å². The molecule has 4 nitrogen and oxygen atoms in total. The summed E-state index contributed by atoms with van der Waals surface area (Å²) in [6, 6.07) is 12.0. The first kappa shape index (κ1) is 14.4. The lowest BCUT2D eigenvalue weighted by Gasteiger charge is -2.02. The molecule has 0 bridgehead atoms. The van der Waals surface area contributed by atoms with Crippen molar-refractivity contribution in [2.24, 2.45) is 5.92 Å². The number of amides is 1. The SMILES string of the molecule is O=C(Nc1cc2ccc(Br)cn2n1)[C@@H]1C[C@@H]1c1ccc(F)cc1. The summed E-state index contributed by atoms with van der Waals surface area (Å²) in [7, 11) is 0. The van der Waals surface area contributed by atoms with Gasteiger partial charge >= 0.3 is 0 Å². The Morgan fingerprint density at radius 2 is 2.04 bits per heavy atom. The van der Waals surface area contributed by atoms with Crippen molar-refractivity contribution in [3.05, 3.63) is 64.5 Å². The summed E-state index contributed by atoms with van der Waals surface area (Å²) in [6.07, 6.45) is 2.62. The van der Waals surface area contributed by atoms with Gasteiger partial charge in [-0.1, -0.05) is 12.1 Å². The van der Waals surface area contributed by atoms with Crippen LogP contribution in [0, 0.1) is 11.7 Å². The zero-order chi connectivity index (χ0) is 16.0. The molecule has 6 heteroatoms. The van der Waals surface area contributed by atoms with Crippen molar-refractivity contribution in [3.8, 4) is 0 Å². The number of anilines is 1. The second-order valence-electron chi connectivity index (χ2n) is 5.74. The first-order chi connectivity index (χ1) is 11.1. The molecule has 2 atom stereocenters. The van der Waals surface area contributed by atoms with Crippen LogP contribution < -0.4 is 5.32 Å². The van der Waals surface area contributed by atoms with E-state index >= 15 is 0 Å². The number of hydrogen-bond acceptors (Lipinski definition) is 2. The van der Waals surface area contributed by atoms with Crippen molar-refractivity contribution in [1.82, 2.24) is 9.61 Å². The van der Waals surface area contributed by atoms with E-state index in [9.17, 15) is 9.18 Å². The van der Waals surface area contributed by atoms with Gasteiger partial charge in [0.1, 0.15) is 5.82 Å². The highest BCUT2D eigenvalue weighted by Gasteiger charge is 2.44. The highest BCUT2D eigenvalue weighted by molar-refractivity contribution is 9.10. The monoisotopic (exact) mass is 373 g/mol. The highest BCUT2D eigenvalue weighted by atomic mass is 79.9. The number of halogens is 2. The third-order valence-corrected chi connectivity index (χ3v) is 4.57.